The van der Waals surface area contributed by atoms with Crippen molar-refractivity contribution in [3.8, 4) is 11.3 Å². The monoisotopic (exact) mass is 429 g/mol. The number of hydrogen-bond donors (Lipinski definition) is 0. The lowest BCUT2D eigenvalue weighted by Gasteiger charge is -2.34. The first-order valence-corrected chi connectivity index (χ1v) is 10.5. The molecule has 2 aromatic carbocycles. The van der Waals surface area contributed by atoms with E-state index in [0.29, 0.717) is 42.7 Å². The summed E-state index contributed by atoms with van der Waals surface area (Å²) in [5, 5.41) is 1.53. The summed E-state index contributed by atoms with van der Waals surface area (Å²) >= 11 is 6.04. The van der Waals surface area contributed by atoms with Crippen LogP contribution in [0.4, 0.5) is 5.95 Å². The van der Waals surface area contributed by atoms with Crippen molar-refractivity contribution in [2.75, 3.05) is 31.1 Å². The first kappa shape index (κ1) is 19.5. The van der Waals surface area contributed by atoms with Gasteiger partial charge >= 0.3 is 0 Å². The zero-order chi connectivity index (χ0) is 21.2. The first-order valence-electron chi connectivity index (χ1n) is 10.2. The van der Waals surface area contributed by atoms with Crippen LogP contribution in [0.2, 0.25) is 5.02 Å². The van der Waals surface area contributed by atoms with E-state index in [2.05, 4.69) is 14.9 Å². The number of aromatic nitrogens is 3. The molecule has 0 spiro atoms. The Bertz CT molecular complexity index is 1220. The maximum Gasteiger partial charge on any atom is 0.254 e. The van der Waals surface area contributed by atoms with Gasteiger partial charge in [0.2, 0.25) is 5.95 Å². The Morgan fingerprint density at radius 3 is 2.32 bits per heavy atom. The number of hydrogen-bond acceptors (Lipinski definition) is 5. The molecule has 1 fully saturated rings. The molecule has 0 atom stereocenters. The minimum atomic E-state index is 0.0162. The highest BCUT2D eigenvalue weighted by Crippen LogP contribution is 2.27. The minimum absolute atomic E-state index is 0.0162. The van der Waals surface area contributed by atoms with Crippen LogP contribution in [0, 0.1) is 0 Å². The Morgan fingerprint density at radius 2 is 1.58 bits per heavy atom. The number of anilines is 1. The van der Waals surface area contributed by atoms with E-state index in [1.54, 1.807) is 18.5 Å². The van der Waals surface area contributed by atoms with Gasteiger partial charge in [-0.25, -0.2) is 15.0 Å². The smallest absolute Gasteiger partial charge is 0.254 e. The van der Waals surface area contributed by atoms with Crippen LogP contribution < -0.4 is 4.90 Å². The Labute approximate surface area is 185 Å². The lowest BCUT2D eigenvalue weighted by atomic mass is 10.0. The third-order valence-electron chi connectivity index (χ3n) is 5.49. The number of carbonyl (C=O) groups is 1. The van der Waals surface area contributed by atoms with Crippen molar-refractivity contribution in [1.82, 2.24) is 19.9 Å². The highest BCUT2D eigenvalue weighted by molar-refractivity contribution is 6.30. The van der Waals surface area contributed by atoms with Crippen molar-refractivity contribution in [2.45, 2.75) is 0 Å². The van der Waals surface area contributed by atoms with Gasteiger partial charge in [-0.05, 0) is 30.3 Å². The predicted molar refractivity (Wildman–Crippen MR) is 122 cm³/mol. The number of rotatable bonds is 3. The van der Waals surface area contributed by atoms with E-state index in [0.717, 1.165) is 22.2 Å². The van der Waals surface area contributed by atoms with Gasteiger partial charge in [0.25, 0.3) is 5.91 Å². The molecule has 0 saturated carbocycles. The number of halogens is 1. The summed E-state index contributed by atoms with van der Waals surface area (Å²) < 4.78 is 0. The zero-order valence-corrected chi connectivity index (χ0v) is 17.5. The summed E-state index contributed by atoms with van der Waals surface area (Å²) in [6, 6.07) is 19.0. The quantitative estimate of drug-likeness (QED) is 0.485. The maximum absolute atomic E-state index is 13.5. The molecule has 2 aromatic heterocycles. The summed E-state index contributed by atoms with van der Waals surface area (Å²) in [5.41, 5.74) is 3.15. The first-order chi connectivity index (χ1) is 15.2. The molecule has 6 nitrogen and oxygen atoms in total. The van der Waals surface area contributed by atoms with Crippen molar-refractivity contribution >= 4 is 34.4 Å². The third-order valence-corrected chi connectivity index (χ3v) is 5.74. The van der Waals surface area contributed by atoms with Gasteiger partial charge in [-0.15, -0.1) is 0 Å². The van der Waals surface area contributed by atoms with E-state index in [1.165, 1.54) is 0 Å². The average molecular weight is 430 g/mol. The molecule has 4 aromatic rings. The number of para-hydroxylation sites is 1. The molecule has 3 heterocycles. The van der Waals surface area contributed by atoms with Crippen molar-refractivity contribution in [1.29, 1.82) is 0 Å². The number of fused-ring (bicyclic) bond motifs is 1. The highest BCUT2D eigenvalue weighted by Gasteiger charge is 2.25. The summed E-state index contributed by atoms with van der Waals surface area (Å²) in [5.74, 6) is 0.719. The second-order valence-corrected chi connectivity index (χ2v) is 7.84. The number of carbonyl (C=O) groups excluding carboxylic acids is 1. The van der Waals surface area contributed by atoms with Gasteiger partial charge in [0.1, 0.15) is 0 Å². The Hall–Kier alpha value is -3.51. The van der Waals surface area contributed by atoms with Crippen molar-refractivity contribution in [2.24, 2.45) is 0 Å². The zero-order valence-electron chi connectivity index (χ0n) is 16.8. The molecule has 31 heavy (non-hydrogen) atoms. The van der Waals surface area contributed by atoms with Crippen LogP contribution in [-0.4, -0.2) is 51.9 Å². The standard InChI is InChI=1S/C24H20ClN5O/c25-18-8-6-17(7-9-18)22-16-20(19-4-1-2-5-21(19)28-22)23(31)29-12-14-30(15-13-29)24-26-10-3-11-27-24/h1-11,16H,12-15H2. The molecular formula is C24H20ClN5O. The van der Waals surface area contributed by atoms with E-state index < -0.39 is 0 Å². The third kappa shape index (κ3) is 3.94. The summed E-state index contributed by atoms with van der Waals surface area (Å²) in [7, 11) is 0. The Kier molecular flexibility index (Phi) is 5.22. The molecular weight excluding hydrogens is 410 g/mol. The van der Waals surface area contributed by atoms with Gasteiger partial charge in [0.05, 0.1) is 16.8 Å². The molecule has 0 N–H and O–H groups in total. The fourth-order valence-electron chi connectivity index (χ4n) is 3.86. The summed E-state index contributed by atoms with van der Waals surface area (Å²) in [6.45, 7) is 2.62. The number of piperazine rings is 1. The number of nitrogens with zero attached hydrogens (tertiary/aromatic N) is 5. The van der Waals surface area contributed by atoms with Gasteiger partial charge < -0.3 is 9.80 Å². The topological polar surface area (TPSA) is 62.2 Å². The van der Waals surface area contributed by atoms with E-state index in [9.17, 15) is 4.79 Å². The van der Waals surface area contributed by atoms with E-state index >= 15 is 0 Å². The van der Waals surface area contributed by atoms with Gasteiger partial charge in [0, 0.05) is 54.5 Å². The number of benzene rings is 2. The van der Waals surface area contributed by atoms with E-state index in [1.807, 2.05) is 59.5 Å². The van der Waals surface area contributed by atoms with Crippen LogP contribution in [-0.2, 0) is 0 Å². The van der Waals surface area contributed by atoms with E-state index in [-0.39, 0.29) is 5.91 Å². The number of pyridine rings is 1. The maximum atomic E-state index is 13.5. The molecule has 7 heteroatoms. The summed E-state index contributed by atoms with van der Waals surface area (Å²) in [6.07, 6.45) is 3.47. The lowest BCUT2D eigenvalue weighted by molar-refractivity contribution is 0.0748. The highest BCUT2D eigenvalue weighted by atomic mass is 35.5. The Morgan fingerprint density at radius 1 is 0.871 bits per heavy atom. The average Bonchev–Trinajstić information content (AvgIpc) is 2.84. The lowest BCUT2D eigenvalue weighted by Crippen LogP contribution is -2.49. The molecule has 1 saturated heterocycles. The van der Waals surface area contributed by atoms with Crippen LogP contribution in [0.1, 0.15) is 10.4 Å². The van der Waals surface area contributed by atoms with Crippen LogP contribution in [0.25, 0.3) is 22.2 Å². The Balaban J connectivity index is 1.45. The van der Waals surface area contributed by atoms with Gasteiger partial charge in [-0.1, -0.05) is 41.9 Å². The van der Waals surface area contributed by atoms with Crippen LogP contribution in [0.3, 0.4) is 0 Å². The van der Waals surface area contributed by atoms with Crippen molar-refractivity contribution < 1.29 is 4.79 Å². The summed E-state index contributed by atoms with van der Waals surface area (Å²) in [4.78, 5) is 30.9. The molecule has 154 valence electrons. The van der Waals surface area contributed by atoms with Crippen molar-refractivity contribution in [3.05, 3.63) is 83.6 Å². The van der Waals surface area contributed by atoms with Crippen LogP contribution >= 0.6 is 11.6 Å². The van der Waals surface area contributed by atoms with Gasteiger partial charge in [-0.3, -0.25) is 4.79 Å². The molecule has 1 aliphatic rings. The van der Waals surface area contributed by atoms with E-state index in [4.69, 9.17) is 16.6 Å². The fraction of sp³-hybridized carbons (Fsp3) is 0.167. The molecule has 1 amide bonds. The fourth-order valence-corrected chi connectivity index (χ4v) is 3.98. The SMILES string of the molecule is O=C(c1cc(-c2ccc(Cl)cc2)nc2ccccc12)N1CCN(c2ncccn2)CC1. The second kappa shape index (κ2) is 8.32. The van der Waals surface area contributed by atoms with Crippen molar-refractivity contribution in [3.63, 3.8) is 0 Å². The molecule has 0 aliphatic carbocycles. The molecule has 0 radical (unpaired) electrons. The normalized spacial score (nSPS) is 14.1. The van der Waals surface area contributed by atoms with Gasteiger partial charge in [-0.2, -0.15) is 0 Å². The molecule has 5 rings (SSSR count). The molecule has 0 unspecified atom stereocenters. The van der Waals surface area contributed by atoms with Gasteiger partial charge in [0.15, 0.2) is 0 Å². The number of amides is 1. The minimum Gasteiger partial charge on any atom is -0.337 e. The predicted octanol–water partition coefficient (Wildman–Crippen LogP) is 4.31. The van der Waals surface area contributed by atoms with Crippen LogP contribution in [0.5, 0.6) is 0 Å². The molecule has 1 aliphatic heterocycles. The second-order valence-electron chi connectivity index (χ2n) is 7.41. The largest absolute Gasteiger partial charge is 0.337 e. The van der Waals surface area contributed by atoms with Crippen LogP contribution in [0.15, 0.2) is 73.1 Å². The molecule has 0 bridgehead atoms.